The maximum absolute atomic E-state index is 12.3. The molecule has 114 valence electrons. The Balaban J connectivity index is 2.45. The molecule has 0 unspecified atom stereocenters. The first-order valence-corrected chi connectivity index (χ1v) is 10.6. The lowest BCUT2D eigenvalue weighted by Crippen LogP contribution is -2.18. The summed E-state index contributed by atoms with van der Waals surface area (Å²) in [7, 11) is 2.97. The predicted molar refractivity (Wildman–Crippen MR) is 91.1 cm³/mol. The minimum Gasteiger partial charge on any atom is -0.325 e. The Morgan fingerprint density at radius 1 is 1.38 bits per heavy atom. The van der Waals surface area contributed by atoms with Crippen molar-refractivity contribution in [3.8, 4) is 0 Å². The molecule has 10 heteroatoms. The quantitative estimate of drug-likeness (QED) is 0.577. The molecule has 0 N–H and O–H groups in total. The van der Waals surface area contributed by atoms with E-state index in [4.69, 9.17) is 44.1 Å². The zero-order chi connectivity index (χ0) is 15.6. The lowest BCUT2D eigenvalue weighted by Gasteiger charge is -2.16. The summed E-state index contributed by atoms with van der Waals surface area (Å²) in [5.41, 5.74) is -1.99. The van der Waals surface area contributed by atoms with Crippen LogP contribution >= 0.6 is 40.3 Å². The van der Waals surface area contributed by atoms with Crippen LogP contribution in [0.5, 0.6) is 0 Å². The van der Waals surface area contributed by atoms with Crippen LogP contribution in [0.15, 0.2) is 23.0 Å². The number of hydrogen-bond acceptors (Lipinski definition) is 6. The summed E-state index contributed by atoms with van der Waals surface area (Å²) < 4.78 is 11.6. The van der Waals surface area contributed by atoms with E-state index in [2.05, 4.69) is 4.98 Å². The molecule has 0 bridgehead atoms. The molecule has 2 rings (SSSR count). The Hall–Kier alpha value is -0.140. The van der Waals surface area contributed by atoms with Crippen LogP contribution in [-0.4, -0.2) is 23.6 Å². The Morgan fingerprint density at radius 3 is 2.67 bits per heavy atom. The van der Waals surface area contributed by atoms with Crippen LogP contribution < -0.4 is 5.56 Å². The van der Waals surface area contributed by atoms with Crippen molar-refractivity contribution in [1.29, 1.82) is 0 Å². The maximum Gasteiger partial charge on any atom is 0.278 e. The van der Waals surface area contributed by atoms with E-state index >= 15 is 0 Å². The molecule has 2 aromatic heterocycles. The number of hydrogen-bond donors (Lipinski definition) is 0. The summed E-state index contributed by atoms with van der Waals surface area (Å²) >= 11 is 18.6. The van der Waals surface area contributed by atoms with Crippen LogP contribution in [0.3, 0.4) is 0 Å². The minimum atomic E-state index is -2.44. The van der Waals surface area contributed by atoms with E-state index in [1.165, 1.54) is 30.0 Å². The number of nitrogens with zero attached hydrogens (tertiary/aromatic N) is 2. The van der Waals surface area contributed by atoms with E-state index in [0.29, 0.717) is 17.1 Å². The monoisotopic (exact) mass is 384 g/mol. The van der Waals surface area contributed by atoms with Crippen molar-refractivity contribution in [3.05, 3.63) is 44.4 Å². The first-order chi connectivity index (χ1) is 9.91. The number of halogens is 2. The molecule has 2 aromatic rings. The zero-order valence-corrected chi connectivity index (χ0v) is 15.1. The highest BCUT2D eigenvalue weighted by molar-refractivity contribution is 8.67. The third-order valence-corrected chi connectivity index (χ3v) is 8.98. The lowest BCUT2D eigenvalue weighted by molar-refractivity contribution is 0.354. The van der Waals surface area contributed by atoms with E-state index in [-0.39, 0.29) is 10.2 Å². The van der Waals surface area contributed by atoms with Gasteiger partial charge in [-0.05, 0) is 23.9 Å². The molecule has 0 atom stereocenters. The van der Waals surface area contributed by atoms with Gasteiger partial charge in [-0.25, -0.2) is 9.38 Å². The van der Waals surface area contributed by atoms with Crippen LogP contribution in [0.2, 0.25) is 10.2 Å². The molecular weight excluding hydrogens is 374 g/mol. The van der Waals surface area contributed by atoms with Crippen LogP contribution in [0.25, 0.3) is 5.65 Å². The molecular formula is C11H11Cl2N2O3PS2. The molecule has 0 aliphatic heterocycles. The van der Waals surface area contributed by atoms with Crippen LogP contribution in [-0.2, 0) is 26.6 Å². The Morgan fingerprint density at radius 2 is 2.05 bits per heavy atom. The third kappa shape index (κ3) is 3.62. The van der Waals surface area contributed by atoms with Crippen molar-refractivity contribution in [2.45, 2.75) is 5.75 Å². The van der Waals surface area contributed by atoms with Crippen LogP contribution in [0, 0.1) is 0 Å². The maximum atomic E-state index is 12.3. The van der Waals surface area contributed by atoms with Gasteiger partial charge in [0.15, 0.2) is 0 Å². The summed E-state index contributed by atoms with van der Waals surface area (Å²) in [6.07, 6.45) is 0. The van der Waals surface area contributed by atoms with Gasteiger partial charge in [-0.3, -0.25) is 4.79 Å². The van der Waals surface area contributed by atoms with E-state index in [1.807, 2.05) is 0 Å². The SMILES string of the molecule is COP(=S)(OC)SCc1nc2cccc(Cl)n2c(=O)c1Cl. The molecule has 0 aromatic carbocycles. The Bertz CT molecular complexity index is 776. The van der Waals surface area contributed by atoms with Crippen molar-refractivity contribution >= 4 is 57.7 Å². The molecule has 0 amide bonds. The fourth-order valence-electron chi connectivity index (χ4n) is 1.59. The molecule has 0 fully saturated rings. The van der Waals surface area contributed by atoms with Gasteiger partial charge in [0.25, 0.3) is 5.56 Å². The fraction of sp³-hybridized carbons (Fsp3) is 0.273. The first-order valence-electron chi connectivity index (χ1n) is 5.63. The molecule has 21 heavy (non-hydrogen) atoms. The highest BCUT2D eigenvalue weighted by atomic mass is 35.5. The highest BCUT2D eigenvalue weighted by Gasteiger charge is 2.19. The van der Waals surface area contributed by atoms with Gasteiger partial charge in [-0.15, -0.1) is 0 Å². The number of fused-ring (bicyclic) bond motifs is 1. The van der Waals surface area contributed by atoms with Gasteiger partial charge < -0.3 is 9.05 Å². The molecule has 2 heterocycles. The Labute approximate surface area is 140 Å². The first kappa shape index (κ1) is 17.2. The normalized spacial score (nSPS) is 12.0. The van der Waals surface area contributed by atoms with Gasteiger partial charge in [0.05, 0.1) is 5.69 Å². The second-order valence-corrected chi connectivity index (χ2v) is 11.1. The average molecular weight is 385 g/mol. The molecule has 5 nitrogen and oxygen atoms in total. The van der Waals surface area contributed by atoms with Crippen molar-refractivity contribution < 1.29 is 9.05 Å². The van der Waals surface area contributed by atoms with Gasteiger partial charge in [0.1, 0.15) is 15.8 Å². The molecule has 0 aliphatic carbocycles. The standard InChI is InChI=1S/C11H11Cl2N2O3PS2/c1-17-19(20,18-2)21-6-7-10(13)11(16)15-8(12)4-3-5-9(15)14-7/h3-5H,6H2,1-2H3. The second kappa shape index (κ2) is 6.96. The molecule has 0 spiro atoms. The number of pyridine rings is 1. The summed E-state index contributed by atoms with van der Waals surface area (Å²) in [4.78, 5) is 16.6. The third-order valence-electron chi connectivity index (χ3n) is 2.62. The highest BCUT2D eigenvalue weighted by Crippen LogP contribution is 2.60. The van der Waals surface area contributed by atoms with Gasteiger partial charge in [0.2, 0.25) is 5.69 Å². The Kier molecular flexibility index (Phi) is 5.71. The minimum absolute atomic E-state index is 0.0156. The van der Waals surface area contributed by atoms with E-state index in [0.717, 1.165) is 0 Å². The van der Waals surface area contributed by atoms with Crippen LogP contribution in [0.1, 0.15) is 5.69 Å². The molecule has 0 saturated heterocycles. The van der Waals surface area contributed by atoms with E-state index < -0.39 is 11.3 Å². The van der Waals surface area contributed by atoms with Crippen molar-refractivity contribution in [2.24, 2.45) is 0 Å². The number of aromatic nitrogens is 2. The largest absolute Gasteiger partial charge is 0.325 e. The predicted octanol–water partition coefficient (Wildman–Crippen LogP) is 3.75. The number of rotatable bonds is 5. The zero-order valence-electron chi connectivity index (χ0n) is 11.1. The summed E-state index contributed by atoms with van der Waals surface area (Å²) in [6, 6.07) is 4.99. The smallest absolute Gasteiger partial charge is 0.278 e. The van der Waals surface area contributed by atoms with E-state index in [1.54, 1.807) is 18.2 Å². The van der Waals surface area contributed by atoms with Gasteiger partial charge >= 0.3 is 0 Å². The fourth-order valence-corrected chi connectivity index (χ4v) is 4.89. The lowest BCUT2D eigenvalue weighted by atomic mass is 10.4. The second-order valence-electron chi connectivity index (χ2n) is 3.81. The molecule has 0 aliphatic rings. The molecule has 0 radical (unpaired) electrons. The van der Waals surface area contributed by atoms with Crippen molar-refractivity contribution in [2.75, 3.05) is 14.2 Å². The molecule has 0 saturated carbocycles. The van der Waals surface area contributed by atoms with Gasteiger partial charge in [-0.2, -0.15) is 0 Å². The summed E-state index contributed by atoms with van der Waals surface area (Å²) in [6.45, 7) is 0. The van der Waals surface area contributed by atoms with Gasteiger partial charge in [0, 0.05) is 20.0 Å². The summed E-state index contributed by atoms with van der Waals surface area (Å²) in [5, 5.41) is 0.270. The topological polar surface area (TPSA) is 52.8 Å². The average Bonchev–Trinajstić information content (AvgIpc) is 2.49. The van der Waals surface area contributed by atoms with Gasteiger partial charge in [-0.1, -0.05) is 40.6 Å². The van der Waals surface area contributed by atoms with Crippen LogP contribution in [0.4, 0.5) is 0 Å². The van der Waals surface area contributed by atoms with Crippen molar-refractivity contribution in [1.82, 2.24) is 9.38 Å². The van der Waals surface area contributed by atoms with E-state index in [9.17, 15) is 4.79 Å². The summed E-state index contributed by atoms with van der Waals surface area (Å²) in [5.74, 6) is 0.316. The van der Waals surface area contributed by atoms with Crippen molar-refractivity contribution in [3.63, 3.8) is 0 Å².